The van der Waals surface area contributed by atoms with E-state index in [4.69, 9.17) is 9.47 Å². The lowest BCUT2D eigenvalue weighted by atomic mass is 10.0. The zero-order valence-electron chi connectivity index (χ0n) is 13.4. The highest BCUT2D eigenvalue weighted by atomic mass is 16.5. The van der Waals surface area contributed by atoms with Crippen molar-refractivity contribution in [3.05, 3.63) is 0 Å². The summed E-state index contributed by atoms with van der Waals surface area (Å²) in [7, 11) is 1.36. The molecule has 1 heterocycles. The normalized spacial score (nSPS) is 19.2. The van der Waals surface area contributed by atoms with Crippen molar-refractivity contribution < 1.29 is 19.1 Å². The second kappa shape index (κ2) is 10.6. The predicted octanol–water partition coefficient (Wildman–Crippen LogP) is 2.43. The summed E-state index contributed by atoms with van der Waals surface area (Å²) in [5, 5.41) is 2.82. The van der Waals surface area contributed by atoms with Crippen molar-refractivity contribution >= 4 is 11.9 Å². The fourth-order valence-electron chi connectivity index (χ4n) is 2.55. The number of methoxy groups -OCH3 is 1. The zero-order chi connectivity index (χ0) is 15.5. The topological polar surface area (TPSA) is 64.6 Å². The van der Waals surface area contributed by atoms with Crippen LogP contribution in [0.3, 0.4) is 0 Å². The van der Waals surface area contributed by atoms with Gasteiger partial charge in [-0.1, -0.05) is 45.4 Å². The van der Waals surface area contributed by atoms with Gasteiger partial charge in [-0.05, 0) is 12.8 Å². The molecule has 1 aliphatic heterocycles. The van der Waals surface area contributed by atoms with Crippen LogP contribution < -0.4 is 5.32 Å². The van der Waals surface area contributed by atoms with Gasteiger partial charge in [0.25, 0.3) is 0 Å². The van der Waals surface area contributed by atoms with Crippen LogP contribution in [0.15, 0.2) is 0 Å². The molecule has 1 fully saturated rings. The molecular weight excluding hydrogens is 270 g/mol. The SMILES string of the molecule is CCCCCCCC[C@H](NC(=O)[C@H]1CCOC1)C(=O)OC. The molecule has 0 spiro atoms. The maximum Gasteiger partial charge on any atom is 0.328 e. The first-order valence-electron chi connectivity index (χ1n) is 8.15. The number of esters is 1. The molecule has 21 heavy (non-hydrogen) atoms. The van der Waals surface area contributed by atoms with E-state index >= 15 is 0 Å². The van der Waals surface area contributed by atoms with Gasteiger partial charge in [-0.3, -0.25) is 4.79 Å². The van der Waals surface area contributed by atoms with Crippen LogP contribution in [0.4, 0.5) is 0 Å². The van der Waals surface area contributed by atoms with Crippen LogP contribution in [0.5, 0.6) is 0 Å². The first-order valence-corrected chi connectivity index (χ1v) is 8.15. The summed E-state index contributed by atoms with van der Waals surface area (Å²) in [5.41, 5.74) is 0. The molecule has 1 N–H and O–H groups in total. The number of amides is 1. The third-order valence-corrected chi connectivity index (χ3v) is 3.95. The van der Waals surface area contributed by atoms with Gasteiger partial charge >= 0.3 is 5.97 Å². The van der Waals surface area contributed by atoms with Gasteiger partial charge in [-0.25, -0.2) is 4.79 Å². The minimum absolute atomic E-state index is 0.0890. The molecule has 5 heteroatoms. The van der Waals surface area contributed by atoms with Gasteiger partial charge in [0.05, 0.1) is 19.6 Å². The number of hydrogen-bond donors (Lipinski definition) is 1. The number of carbonyl (C=O) groups excluding carboxylic acids is 2. The number of nitrogens with one attached hydrogen (secondary N) is 1. The number of rotatable bonds is 10. The van der Waals surface area contributed by atoms with Gasteiger partial charge < -0.3 is 14.8 Å². The highest BCUT2D eigenvalue weighted by molar-refractivity contribution is 5.85. The largest absolute Gasteiger partial charge is 0.467 e. The molecule has 0 aliphatic carbocycles. The molecule has 0 radical (unpaired) electrons. The van der Waals surface area contributed by atoms with Crippen LogP contribution in [0.1, 0.15) is 58.3 Å². The molecule has 5 nitrogen and oxygen atoms in total. The van der Waals surface area contributed by atoms with Crippen molar-refractivity contribution in [2.75, 3.05) is 20.3 Å². The van der Waals surface area contributed by atoms with E-state index in [1.54, 1.807) is 0 Å². The van der Waals surface area contributed by atoms with Crippen LogP contribution in [0.25, 0.3) is 0 Å². The van der Waals surface area contributed by atoms with Crippen LogP contribution >= 0.6 is 0 Å². The van der Waals surface area contributed by atoms with E-state index in [-0.39, 0.29) is 17.8 Å². The standard InChI is InChI=1S/C16H29NO4/c1-3-4-5-6-7-8-9-14(16(19)20-2)17-15(18)13-10-11-21-12-13/h13-14H,3-12H2,1-2H3,(H,17,18)/t13-,14-/m0/s1. The Morgan fingerprint density at radius 2 is 1.95 bits per heavy atom. The summed E-state index contributed by atoms with van der Waals surface area (Å²) >= 11 is 0. The second-order valence-electron chi connectivity index (χ2n) is 5.70. The van der Waals surface area contributed by atoms with Crippen LogP contribution in [-0.4, -0.2) is 38.2 Å². The van der Waals surface area contributed by atoms with Crippen molar-refractivity contribution in [3.8, 4) is 0 Å². The van der Waals surface area contributed by atoms with Crippen molar-refractivity contribution in [1.29, 1.82) is 0 Å². The fraction of sp³-hybridized carbons (Fsp3) is 0.875. The maximum atomic E-state index is 12.1. The molecule has 1 rings (SSSR count). The third kappa shape index (κ3) is 6.93. The van der Waals surface area contributed by atoms with Gasteiger partial charge in [-0.2, -0.15) is 0 Å². The van der Waals surface area contributed by atoms with Crippen molar-refractivity contribution in [1.82, 2.24) is 5.32 Å². The summed E-state index contributed by atoms with van der Waals surface area (Å²) in [4.78, 5) is 23.8. The summed E-state index contributed by atoms with van der Waals surface area (Å²) in [6.45, 7) is 3.27. The Labute approximate surface area is 127 Å². The Morgan fingerprint density at radius 3 is 2.57 bits per heavy atom. The molecule has 0 saturated carbocycles. The van der Waals surface area contributed by atoms with Crippen LogP contribution in [0, 0.1) is 5.92 Å². The van der Waals surface area contributed by atoms with E-state index in [1.165, 1.54) is 32.8 Å². The van der Waals surface area contributed by atoms with Gasteiger partial charge in [0.15, 0.2) is 0 Å². The Hall–Kier alpha value is -1.10. The van der Waals surface area contributed by atoms with Crippen molar-refractivity contribution in [3.63, 3.8) is 0 Å². The Bertz CT molecular complexity index is 313. The lowest BCUT2D eigenvalue weighted by Gasteiger charge is -2.18. The van der Waals surface area contributed by atoms with Gasteiger partial charge in [0.2, 0.25) is 5.91 Å². The molecule has 122 valence electrons. The van der Waals surface area contributed by atoms with E-state index in [2.05, 4.69) is 12.2 Å². The van der Waals surface area contributed by atoms with E-state index in [9.17, 15) is 9.59 Å². The van der Waals surface area contributed by atoms with Crippen molar-refractivity contribution in [2.45, 2.75) is 64.3 Å². The average Bonchev–Trinajstić information content (AvgIpc) is 3.03. The average molecular weight is 299 g/mol. The van der Waals surface area contributed by atoms with Crippen LogP contribution in [-0.2, 0) is 19.1 Å². The third-order valence-electron chi connectivity index (χ3n) is 3.95. The molecule has 0 bridgehead atoms. The number of unbranched alkanes of at least 4 members (excludes halogenated alkanes) is 5. The molecule has 0 unspecified atom stereocenters. The molecule has 2 atom stereocenters. The van der Waals surface area contributed by atoms with Crippen molar-refractivity contribution in [2.24, 2.45) is 5.92 Å². The Balaban J connectivity index is 2.30. The van der Waals surface area contributed by atoms with E-state index in [0.717, 1.165) is 19.3 Å². The molecule has 0 aromatic carbocycles. The number of carbonyl (C=O) groups is 2. The quantitative estimate of drug-likeness (QED) is 0.497. The highest BCUT2D eigenvalue weighted by Crippen LogP contribution is 2.14. The minimum atomic E-state index is -0.519. The lowest BCUT2D eigenvalue weighted by molar-refractivity contribution is -0.145. The first kappa shape index (κ1) is 18.0. The summed E-state index contributed by atoms with van der Waals surface area (Å²) < 4.78 is 9.99. The monoisotopic (exact) mass is 299 g/mol. The highest BCUT2D eigenvalue weighted by Gasteiger charge is 2.28. The van der Waals surface area contributed by atoms with E-state index < -0.39 is 6.04 Å². The predicted molar refractivity (Wildman–Crippen MR) is 80.9 cm³/mol. The number of hydrogen-bond acceptors (Lipinski definition) is 4. The molecular formula is C16H29NO4. The molecule has 0 aromatic heterocycles. The summed E-state index contributed by atoms with van der Waals surface area (Å²) in [6.07, 6.45) is 8.33. The molecule has 1 aliphatic rings. The summed E-state index contributed by atoms with van der Waals surface area (Å²) in [6, 6.07) is -0.519. The number of ether oxygens (including phenoxy) is 2. The van der Waals surface area contributed by atoms with Gasteiger partial charge in [0.1, 0.15) is 6.04 Å². The van der Waals surface area contributed by atoms with E-state index in [0.29, 0.717) is 19.6 Å². The maximum absolute atomic E-state index is 12.1. The first-order chi connectivity index (χ1) is 10.2. The van der Waals surface area contributed by atoms with E-state index in [1.807, 2.05) is 0 Å². The smallest absolute Gasteiger partial charge is 0.328 e. The fourth-order valence-corrected chi connectivity index (χ4v) is 2.55. The second-order valence-corrected chi connectivity index (χ2v) is 5.70. The summed E-state index contributed by atoms with van der Waals surface area (Å²) in [5.74, 6) is -0.564. The molecule has 1 amide bonds. The zero-order valence-corrected chi connectivity index (χ0v) is 13.4. The van der Waals surface area contributed by atoms with Gasteiger partial charge in [0, 0.05) is 6.61 Å². The van der Waals surface area contributed by atoms with Gasteiger partial charge in [-0.15, -0.1) is 0 Å². The molecule has 0 aromatic rings. The van der Waals surface area contributed by atoms with Crippen LogP contribution in [0.2, 0.25) is 0 Å². The Morgan fingerprint density at radius 1 is 1.24 bits per heavy atom. The minimum Gasteiger partial charge on any atom is -0.467 e. The molecule has 1 saturated heterocycles. The lowest BCUT2D eigenvalue weighted by Crippen LogP contribution is -2.44. The Kier molecular flexibility index (Phi) is 9.06.